The predicted octanol–water partition coefficient (Wildman–Crippen LogP) is 2.16. The lowest BCUT2D eigenvalue weighted by Crippen LogP contribution is -2.52. The molecule has 1 fully saturated rings. The molecule has 1 saturated heterocycles. The second-order valence-electron chi connectivity index (χ2n) is 5.46. The molecule has 0 aromatic heterocycles. The van der Waals surface area contributed by atoms with E-state index in [9.17, 15) is 4.79 Å². The van der Waals surface area contributed by atoms with Crippen LogP contribution in [-0.2, 0) is 0 Å². The smallest absolute Gasteiger partial charge is 0.317 e. The van der Waals surface area contributed by atoms with Gasteiger partial charge in [0.25, 0.3) is 0 Å². The third-order valence-electron chi connectivity index (χ3n) is 3.60. The minimum absolute atomic E-state index is 0. The maximum absolute atomic E-state index is 12.0. The predicted molar refractivity (Wildman–Crippen MR) is 94.4 cm³/mol. The number of nitrogens with one attached hydrogen (secondary N) is 1. The summed E-state index contributed by atoms with van der Waals surface area (Å²) in [7, 11) is 3.99. The first-order valence-electron chi connectivity index (χ1n) is 7.25. The number of rotatable bonds is 4. The Morgan fingerprint density at radius 2 is 1.86 bits per heavy atom. The van der Waals surface area contributed by atoms with Crippen LogP contribution in [0.2, 0.25) is 5.02 Å². The van der Waals surface area contributed by atoms with Crippen molar-refractivity contribution in [3.8, 4) is 0 Å². The Balaban J connectivity index is 0.00000242. The highest BCUT2D eigenvalue weighted by atomic mass is 35.5. The first-order valence-corrected chi connectivity index (χ1v) is 7.62. The van der Waals surface area contributed by atoms with Gasteiger partial charge in [0.15, 0.2) is 0 Å². The van der Waals surface area contributed by atoms with Gasteiger partial charge in [0.05, 0.1) is 10.7 Å². The number of likely N-dealkylation sites (N-methyl/N-ethyl adjacent to an activating group) is 1. The quantitative estimate of drug-likeness (QED) is 0.907. The molecule has 2 rings (SSSR count). The highest BCUT2D eigenvalue weighted by Gasteiger charge is 2.21. The van der Waals surface area contributed by atoms with Gasteiger partial charge in [-0.25, -0.2) is 4.79 Å². The number of para-hydroxylation sites is 1. The van der Waals surface area contributed by atoms with Gasteiger partial charge >= 0.3 is 6.03 Å². The second kappa shape index (κ2) is 9.08. The van der Waals surface area contributed by atoms with Crippen LogP contribution in [0, 0.1) is 0 Å². The molecule has 5 nitrogen and oxygen atoms in total. The number of amides is 2. The number of benzene rings is 1. The number of hydrogen-bond donors (Lipinski definition) is 1. The Bertz CT molecular complexity index is 476. The number of carbonyl (C=O) groups is 1. The number of nitrogens with zero attached hydrogens (tertiary/aromatic N) is 3. The van der Waals surface area contributed by atoms with Gasteiger partial charge in [0, 0.05) is 39.3 Å². The van der Waals surface area contributed by atoms with E-state index in [4.69, 9.17) is 11.6 Å². The van der Waals surface area contributed by atoms with Gasteiger partial charge in [-0.3, -0.25) is 0 Å². The Kier molecular flexibility index (Phi) is 7.79. The Morgan fingerprint density at radius 3 is 2.45 bits per heavy atom. The highest BCUT2D eigenvalue weighted by molar-refractivity contribution is 6.33. The van der Waals surface area contributed by atoms with Crippen LogP contribution < -0.4 is 10.2 Å². The van der Waals surface area contributed by atoms with Gasteiger partial charge in [-0.15, -0.1) is 12.4 Å². The van der Waals surface area contributed by atoms with Crippen molar-refractivity contribution in [2.24, 2.45) is 0 Å². The van der Waals surface area contributed by atoms with Crippen LogP contribution in [0.15, 0.2) is 24.3 Å². The molecule has 0 radical (unpaired) electrons. The van der Waals surface area contributed by atoms with E-state index in [0.717, 1.165) is 43.4 Å². The summed E-state index contributed by atoms with van der Waals surface area (Å²) in [4.78, 5) is 18.2. The average Bonchev–Trinajstić information content (AvgIpc) is 2.47. The number of piperazine rings is 1. The van der Waals surface area contributed by atoms with Crippen LogP contribution in [0.3, 0.4) is 0 Å². The molecule has 1 aliphatic heterocycles. The van der Waals surface area contributed by atoms with Crippen molar-refractivity contribution < 1.29 is 4.79 Å². The van der Waals surface area contributed by atoms with Crippen molar-refractivity contribution >= 4 is 35.7 Å². The number of urea groups is 1. The minimum atomic E-state index is 0. The molecule has 1 aromatic carbocycles. The summed E-state index contributed by atoms with van der Waals surface area (Å²) >= 11 is 6.22. The molecule has 124 valence electrons. The maximum Gasteiger partial charge on any atom is 0.317 e. The molecule has 1 N–H and O–H groups in total. The third kappa shape index (κ3) is 5.23. The number of halogens is 2. The first-order chi connectivity index (χ1) is 10.1. The summed E-state index contributed by atoms with van der Waals surface area (Å²) < 4.78 is 0. The van der Waals surface area contributed by atoms with Crippen LogP contribution in [0.25, 0.3) is 0 Å². The zero-order valence-corrected chi connectivity index (χ0v) is 14.7. The van der Waals surface area contributed by atoms with Crippen LogP contribution in [0.1, 0.15) is 0 Å². The third-order valence-corrected chi connectivity index (χ3v) is 3.91. The van der Waals surface area contributed by atoms with Crippen molar-refractivity contribution in [1.82, 2.24) is 15.1 Å². The van der Waals surface area contributed by atoms with E-state index < -0.39 is 0 Å². The molecule has 0 atom stereocenters. The molecule has 0 spiro atoms. The van der Waals surface area contributed by atoms with Crippen molar-refractivity contribution in [2.75, 3.05) is 58.3 Å². The van der Waals surface area contributed by atoms with Crippen molar-refractivity contribution in [2.45, 2.75) is 0 Å². The summed E-state index contributed by atoms with van der Waals surface area (Å²) in [6.07, 6.45) is 0. The molecule has 1 aliphatic rings. The fraction of sp³-hybridized carbons (Fsp3) is 0.533. The molecular formula is C15H24Cl2N4O. The van der Waals surface area contributed by atoms with Crippen LogP contribution in [0.4, 0.5) is 10.5 Å². The molecular weight excluding hydrogens is 323 g/mol. The molecule has 7 heteroatoms. The van der Waals surface area contributed by atoms with Gasteiger partial charge in [-0.2, -0.15) is 0 Å². The summed E-state index contributed by atoms with van der Waals surface area (Å²) in [5.41, 5.74) is 1.05. The lowest BCUT2D eigenvalue weighted by Gasteiger charge is -2.36. The van der Waals surface area contributed by atoms with Gasteiger partial charge in [0.2, 0.25) is 0 Å². The van der Waals surface area contributed by atoms with E-state index in [1.165, 1.54) is 0 Å². The molecule has 1 aromatic rings. The van der Waals surface area contributed by atoms with Gasteiger partial charge in [-0.1, -0.05) is 23.7 Å². The average molecular weight is 347 g/mol. The Hall–Kier alpha value is -1.17. The lowest BCUT2D eigenvalue weighted by atomic mass is 10.2. The topological polar surface area (TPSA) is 38.8 Å². The number of carbonyl (C=O) groups excluding carboxylic acids is 1. The van der Waals surface area contributed by atoms with E-state index >= 15 is 0 Å². The van der Waals surface area contributed by atoms with E-state index in [2.05, 4.69) is 15.1 Å². The van der Waals surface area contributed by atoms with Gasteiger partial charge in [-0.05, 0) is 26.2 Å². The Morgan fingerprint density at radius 1 is 1.23 bits per heavy atom. The number of hydrogen-bond acceptors (Lipinski definition) is 3. The van der Waals surface area contributed by atoms with E-state index in [1.807, 2.05) is 43.3 Å². The fourth-order valence-corrected chi connectivity index (χ4v) is 2.61. The second-order valence-corrected chi connectivity index (χ2v) is 5.87. The minimum Gasteiger partial charge on any atom is -0.367 e. The molecule has 0 saturated carbocycles. The molecule has 2 amide bonds. The van der Waals surface area contributed by atoms with E-state index in [1.54, 1.807) is 0 Å². The SMILES string of the molecule is CN(C)CCNC(=O)N1CCN(c2ccccc2Cl)CC1.Cl. The normalized spacial score (nSPS) is 14.7. The van der Waals surface area contributed by atoms with Crippen LogP contribution >= 0.6 is 24.0 Å². The molecule has 0 bridgehead atoms. The first kappa shape index (κ1) is 18.9. The Labute approximate surface area is 143 Å². The monoisotopic (exact) mass is 346 g/mol. The van der Waals surface area contributed by atoms with Crippen LogP contribution in [-0.4, -0.2) is 69.2 Å². The zero-order chi connectivity index (χ0) is 15.2. The summed E-state index contributed by atoms with van der Waals surface area (Å²) in [6.45, 7) is 4.59. The maximum atomic E-state index is 12.0. The molecule has 1 heterocycles. The standard InChI is InChI=1S/C15H23ClN4O.ClH/c1-18(2)8-7-17-15(21)20-11-9-19(10-12-20)14-6-4-3-5-13(14)16;/h3-6H,7-12H2,1-2H3,(H,17,21);1H. The summed E-state index contributed by atoms with van der Waals surface area (Å²) in [5.74, 6) is 0. The van der Waals surface area contributed by atoms with Crippen molar-refractivity contribution in [3.05, 3.63) is 29.3 Å². The largest absolute Gasteiger partial charge is 0.367 e. The summed E-state index contributed by atoms with van der Waals surface area (Å²) in [6, 6.07) is 7.87. The van der Waals surface area contributed by atoms with E-state index in [0.29, 0.717) is 6.54 Å². The molecule has 0 aliphatic carbocycles. The van der Waals surface area contributed by atoms with Crippen molar-refractivity contribution in [1.29, 1.82) is 0 Å². The zero-order valence-electron chi connectivity index (χ0n) is 13.1. The lowest BCUT2D eigenvalue weighted by molar-refractivity contribution is 0.193. The van der Waals surface area contributed by atoms with E-state index in [-0.39, 0.29) is 18.4 Å². The van der Waals surface area contributed by atoms with Gasteiger partial charge < -0.3 is 20.0 Å². The number of anilines is 1. The fourth-order valence-electron chi connectivity index (χ4n) is 2.36. The molecule has 0 unspecified atom stereocenters. The van der Waals surface area contributed by atoms with Crippen LogP contribution in [0.5, 0.6) is 0 Å². The molecule has 22 heavy (non-hydrogen) atoms. The highest BCUT2D eigenvalue weighted by Crippen LogP contribution is 2.25. The van der Waals surface area contributed by atoms with Crippen molar-refractivity contribution in [3.63, 3.8) is 0 Å². The van der Waals surface area contributed by atoms with Gasteiger partial charge in [0.1, 0.15) is 0 Å². The summed E-state index contributed by atoms with van der Waals surface area (Å²) in [5, 5.41) is 3.72.